The van der Waals surface area contributed by atoms with E-state index in [4.69, 9.17) is 4.74 Å². The summed E-state index contributed by atoms with van der Waals surface area (Å²) >= 11 is 0. The highest BCUT2D eigenvalue weighted by Gasteiger charge is 2.32. The second-order valence-corrected chi connectivity index (χ2v) is 5.52. The van der Waals surface area contributed by atoms with E-state index in [1.807, 2.05) is 0 Å². The fourth-order valence-electron chi connectivity index (χ4n) is 1.38. The smallest absolute Gasteiger partial charge is 0.401 e. The molecule has 0 bridgehead atoms. The molecule has 0 radical (unpaired) electrons. The normalized spacial score (nSPS) is 13.2. The van der Waals surface area contributed by atoms with E-state index in [0.717, 1.165) is 0 Å². The van der Waals surface area contributed by atoms with Gasteiger partial charge in [0.1, 0.15) is 5.60 Å². The number of carbonyl (C=O) groups excluding carboxylic acids is 1. The maximum Gasteiger partial charge on any atom is 0.401 e. The van der Waals surface area contributed by atoms with Gasteiger partial charge in [0.25, 0.3) is 0 Å². The van der Waals surface area contributed by atoms with Crippen LogP contribution in [0.15, 0.2) is 0 Å². The van der Waals surface area contributed by atoms with Crippen molar-refractivity contribution in [2.24, 2.45) is 0 Å². The number of carbonyl (C=O) groups is 1. The van der Waals surface area contributed by atoms with Gasteiger partial charge in [0.2, 0.25) is 0 Å². The SMILES string of the molecule is CC(C)N(CCC(=O)OC(C)(C)C)CC(F)(F)F. The summed E-state index contributed by atoms with van der Waals surface area (Å²) in [6, 6.07) is -0.269. The average Bonchev–Trinajstić information content (AvgIpc) is 2.06. The van der Waals surface area contributed by atoms with E-state index in [0.29, 0.717) is 0 Å². The lowest BCUT2D eigenvalue weighted by Crippen LogP contribution is -2.40. The van der Waals surface area contributed by atoms with Crippen molar-refractivity contribution in [1.29, 1.82) is 0 Å². The van der Waals surface area contributed by atoms with E-state index in [-0.39, 0.29) is 19.0 Å². The van der Waals surface area contributed by atoms with Gasteiger partial charge < -0.3 is 4.74 Å². The molecule has 0 aliphatic carbocycles. The number of rotatable bonds is 5. The Morgan fingerprint density at radius 2 is 1.72 bits per heavy atom. The molecule has 0 spiro atoms. The monoisotopic (exact) mass is 269 g/mol. The summed E-state index contributed by atoms with van der Waals surface area (Å²) < 4.78 is 42.0. The number of halogens is 3. The minimum atomic E-state index is -4.25. The van der Waals surface area contributed by atoms with Crippen LogP contribution in [-0.2, 0) is 9.53 Å². The summed E-state index contributed by atoms with van der Waals surface area (Å²) in [5.41, 5.74) is -0.607. The van der Waals surface area contributed by atoms with Crippen molar-refractivity contribution in [2.75, 3.05) is 13.1 Å². The van der Waals surface area contributed by atoms with Crippen molar-refractivity contribution in [3.05, 3.63) is 0 Å². The Balaban J connectivity index is 4.25. The highest BCUT2D eigenvalue weighted by atomic mass is 19.4. The van der Waals surface area contributed by atoms with Crippen molar-refractivity contribution in [1.82, 2.24) is 4.90 Å². The maximum absolute atomic E-state index is 12.3. The number of alkyl halides is 3. The molecule has 0 aromatic carbocycles. The quantitative estimate of drug-likeness (QED) is 0.719. The van der Waals surface area contributed by atoms with Crippen LogP contribution in [-0.4, -0.2) is 41.8 Å². The fourth-order valence-corrected chi connectivity index (χ4v) is 1.38. The molecule has 0 aliphatic heterocycles. The van der Waals surface area contributed by atoms with E-state index in [9.17, 15) is 18.0 Å². The molecule has 0 N–H and O–H groups in total. The van der Waals surface area contributed by atoms with E-state index < -0.39 is 24.3 Å². The highest BCUT2D eigenvalue weighted by Crippen LogP contribution is 2.18. The van der Waals surface area contributed by atoms with E-state index in [1.54, 1.807) is 34.6 Å². The number of hydrogen-bond acceptors (Lipinski definition) is 3. The molecule has 0 saturated carbocycles. The van der Waals surface area contributed by atoms with Crippen molar-refractivity contribution in [3.63, 3.8) is 0 Å². The van der Waals surface area contributed by atoms with E-state index in [1.165, 1.54) is 4.90 Å². The number of nitrogens with zero attached hydrogens (tertiary/aromatic N) is 1. The van der Waals surface area contributed by atoms with E-state index in [2.05, 4.69) is 0 Å². The molecule has 0 unspecified atom stereocenters. The molecule has 0 aliphatic rings. The Morgan fingerprint density at radius 3 is 2.06 bits per heavy atom. The molecule has 108 valence electrons. The van der Waals surface area contributed by atoms with Crippen molar-refractivity contribution < 1.29 is 22.7 Å². The Labute approximate surface area is 106 Å². The number of esters is 1. The van der Waals surface area contributed by atoms with Gasteiger partial charge in [-0.2, -0.15) is 13.2 Å². The standard InChI is InChI=1S/C12H22F3NO2/c1-9(2)16(8-12(13,14)15)7-6-10(17)18-11(3,4)5/h9H,6-8H2,1-5H3. The lowest BCUT2D eigenvalue weighted by molar-refractivity contribution is -0.160. The van der Waals surface area contributed by atoms with Crippen LogP contribution < -0.4 is 0 Å². The Bertz CT molecular complexity index is 269. The number of hydrogen-bond donors (Lipinski definition) is 0. The topological polar surface area (TPSA) is 29.5 Å². The minimum Gasteiger partial charge on any atom is -0.460 e. The van der Waals surface area contributed by atoms with Crippen LogP contribution in [0.3, 0.4) is 0 Å². The fraction of sp³-hybridized carbons (Fsp3) is 0.917. The summed E-state index contributed by atoms with van der Waals surface area (Å²) in [6.07, 6.45) is -4.29. The molecule has 0 aromatic rings. The highest BCUT2D eigenvalue weighted by molar-refractivity contribution is 5.70. The lowest BCUT2D eigenvalue weighted by atomic mass is 10.2. The third kappa shape index (κ3) is 9.27. The zero-order chi connectivity index (χ0) is 14.6. The lowest BCUT2D eigenvalue weighted by Gasteiger charge is -2.27. The number of ether oxygens (including phenoxy) is 1. The van der Waals surface area contributed by atoms with Crippen LogP contribution in [0.5, 0.6) is 0 Å². The summed E-state index contributed by atoms with van der Waals surface area (Å²) in [5.74, 6) is -0.477. The maximum atomic E-state index is 12.3. The molecule has 0 amide bonds. The van der Waals surface area contributed by atoms with Gasteiger partial charge in [0, 0.05) is 12.6 Å². The van der Waals surface area contributed by atoms with Gasteiger partial charge >= 0.3 is 12.1 Å². The molecule has 18 heavy (non-hydrogen) atoms. The first-order chi connectivity index (χ1) is 7.91. The van der Waals surface area contributed by atoms with Gasteiger partial charge in [-0.1, -0.05) is 0 Å². The van der Waals surface area contributed by atoms with Gasteiger partial charge in [0.15, 0.2) is 0 Å². The second-order valence-electron chi connectivity index (χ2n) is 5.52. The molecule has 0 atom stereocenters. The zero-order valence-electron chi connectivity index (χ0n) is 11.6. The summed E-state index contributed by atoms with van der Waals surface area (Å²) in [4.78, 5) is 12.6. The minimum absolute atomic E-state index is 0.0362. The second kappa shape index (κ2) is 6.41. The van der Waals surface area contributed by atoms with Gasteiger partial charge in [0.05, 0.1) is 13.0 Å². The molecule has 0 heterocycles. The van der Waals surface area contributed by atoms with Gasteiger partial charge in [-0.25, -0.2) is 0 Å². The van der Waals surface area contributed by atoms with Crippen LogP contribution >= 0.6 is 0 Å². The van der Waals surface area contributed by atoms with Crippen LogP contribution in [0, 0.1) is 0 Å². The van der Waals surface area contributed by atoms with Crippen molar-refractivity contribution in [3.8, 4) is 0 Å². The molecule has 0 saturated heterocycles. The predicted molar refractivity (Wildman–Crippen MR) is 63.2 cm³/mol. The largest absolute Gasteiger partial charge is 0.460 e. The first kappa shape index (κ1) is 17.2. The zero-order valence-corrected chi connectivity index (χ0v) is 11.6. The first-order valence-corrected chi connectivity index (χ1v) is 5.93. The molecule has 6 heteroatoms. The summed E-state index contributed by atoms with van der Waals surface area (Å²) in [7, 11) is 0. The molecular weight excluding hydrogens is 247 g/mol. The molecule has 0 fully saturated rings. The molecular formula is C12H22F3NO2. The van der Waals surface area contributed by atoms with Crippen LogP contribution in [0.2, 0.25) is 0 Å². The molecule has 3 nitrogen and oxygen atoms in total. The molecule has 0 rings (SSSR count). The van der Waals surface area contributed by atoms with Crippen molar-refractivity contribution >= 4 is 5.97 Å². The van der Waals surface area contributed by atoms with Crippen LogP contribution in [0.4, 0.5) is 13.2 Å². The Hall–Kier alpha value is -0.780. The van der Waals surface area contributed by atoms with Gasteiger partial charge in [-0.05, 0) is 34.6 Å². The third-order valence-electron chi connectivity index (χ3n) is 2.14. The van der Waals surface area contributed by atoms with Gasteiger partial charge in [-0.3, -0.25) is 9.69 Å². The predicted octanol–water partition coefficient (Wildman–Crippen LogP) is 2.99. The summed E-state index contributed by atoms with van der Waals surface area (Å²) in [6.45, 7) is 7.55. The Kier molecular flexibility index (Phi) is 6.13. The van der Waals surface area contributed by atoms with E-state index >= 15 is 0 Å². The average molecular weight is 269 g/mol. The first-order valence-electron chi connectivity index (χ1n) is 5.93. The van der Waals surface area contributed by atoms with Crippen LogP contribution in [0.1, 0.15) is 41.0 Å². The van der Waals surface area contributed by atoms with Gasteiger partial charge in [-0.15, -0.1) is 0 Å². The Morgan fingerprint density at radius 1 is 1.22 bits per heavy atom. The third-order valence-corrected chi connectivity index (χ3v) is 2.14. The van der Waals surface area contributed by atoms with Crippen LogP contribution in [0.25, 0.3) is 0 Å². The van der Waals surface area contributed by atoms with Crippen molar-refractivity contribution in [2.45, 2.75) is 58.9 Å². The molecule has 0 aromatic heterocycles. The summed E-state index contributed by atoms with van der Waals surface area (Å²) in [5, 5.41) is 0.